The summed E-state index contributed by atoms with van der Waals surface area (Å²) in [6.45, 7) is 8.96. The van der Waals surface area contributed by atoms with Gasteiger partial charge in [-0.15, -0.1) is 0 Å². The highest BCUT2D eigenvalue weighted by Gasteiger charge is 2.78. The quantitative estimate of drug-likeness (QED) is 0.153. The molecule has 41 heavy (non-hydrogen) atoms. The van der Waals surface area contributed by atoms with Gasteiger partial charge in [0.05, 0.1) is 17.3 Å². The molecule has 4 unspecified atom stereocenters. The van der Waals surface area contributed by atoms with Crippen LogP contribution in [-0.2, 0) is 28.6 Å². The topological polar surface area (TPSA) is 78.9 Å². The van der Waals surface area contributed by atoms with Gasteiger partial charge in [-0.2, -0.15) is 39.5 Å². The fourth-order valence-corrected chi connectivity index (χ4v) is 4.40. The second-order valence-corrected chi connectivity index (χ2v) is 11.9. The Bertz CT molecular complexity index is 939. The summed E-state index contributed by atoms with van der Waals surface area (Å²) in [6.07, 6.45) is -23.5. The Labute approximate surface area is 232 Å². The number of carbonyl (C=O) groups is 3. The van der Waals surface area contributed by atoms with E-state index in [9.17, 15) is 53.9 Å². The minimum Gasteiger partial charge on any atom is -0.462 e. The lowest BCUT2D eigenvalue weighted by molar-refractivity contribution is -0.393. The average molecular weight is 617 g/mol. The molecular formula is C26H37F9O6. The van der Waals surface area contributed by atoms with Gasteiger partial charge < -0.3 is 14.2 Å². The van der Waals surface area contributed by atoms with Crippen molar-refractivity contribution in [1.82, 2.24) is 0 Å². The predicted molar refractivity (Wildman–Crippen MR) is 126 cm³/mol. The van der Waals surface area contributed by atoms with Gasteiger partial charge in [-0.1, -0.05) is 34.6 Å². The van der Waals surface area contributed by atoms with E-state index in [-0.39, 0.29) is 6.42 Å². The molecule has 0 amide bonds. The van der Waals surface area contributed by atoms with Gasteiger partial charge in [0.2, 0.25) is 5.60 Å². The average Bonchev–Trinajstić information content (AvgIpc) is 2.79. The molecule has 0 aliphatic heterocycles. The molecule has 0 saturated heterocycles. The van der Waals surface area contributed by atoms with Gasteiger partial charge in [-0.3, -0.25) is 14.4 Å². The number of ether oxygens (including phenoxy) is 3. The SMILES string of the molecule is CCC(C)(C)C(=O)OC1CC(C(C)(OC(=O)C(C)C)C(F)(F)F)CC(C(OC(=O)C(C)C)(C(F)(F)F)C(F)(F)F)C1. The van der Waals surface area contributed by atoms with E-state index >= 15 is 0 Å². The maximum absolute atomic E-state index is 14.5. The van der Waals surface area contributed by atoms with Crippen LogP contribution in [-0.4, -0.2) is 53.7 Å². The molecule has 0 aromatic heterocycles. The molecule has 240 valence electrons. The molecule has 1 aliphatic rings. The minimum atomic E-state index is -6.34. The number of hydrogen-bond donors (Lipinski definition) is 0. The van der Waals surface area contributed by atoms with Crippen molar-refractivity contribution in [3.8, 4) is 0 Å². The molecular weight excluding hydrogens is 579 g/mol. The standard InChI is InChI=1S/C26H37F9O6/c1-9-21(6,7)20(38)39-17-11-15(22(8,24(27,28)29)40-18(36)13(2)3)10-16(12-17)23(25(30,31)32,26(33,34)35)41-19(37)14(4)5/h13-17H,9-12H2,1-8H3. The van der Waals surface area contributed by atoms with Gasteiger partial charge in [-0.05, 0) is 46.5 Å². The Hall–Kier alpha value is -2.22. The van der Waals surface area contributed by atoms with E-state index in [2.05, 4.69) is 4.74 Å². The largest absolute Gasteiger partial charge is 0.462 e. The highest BCUT2D eigenvalue weighted by Crippen LogP contribution is 2.58. The summed E-state index contributed by atoms with van der Waals surface area (Å²) in [5.41, 5.74) is -10.1. The molecule has 0 aromatic carbocycles. The van der Waals surface area contributed by atoms with Crippen molar-refractivity contribution in [3.05, 3.63) is 0 Å². The van der Waals surface area contributed by atoms with E-state index in [0.717, 1.165) is 13.8 Å². The Balaban J connectivity index is 3.94. The summed E-state index contributed by atoms with van der Waals surface area (Å²) < 4.78 is 144. The number of carbonyl (C=O) groups excluding carboxylic acids is 3. The summed E-state index contributed by atoms with van der Waals surface area (Å²) in [4.78, 5) is 37.2. The summed E-state index contributed by atoms with van der Waals surface area (Å²) in [6, 6.07) is 0. The zero-order valence-corrected chi connectivity index (χ0v) is 24.1. The molecule has 1 saturated carbocycles. The number of halogens is 9. The Kier molecular flexibility index (Phi) is 10.9. The third-order valence-electron chi connectivity index (χ3n) is 7.65. The molecule has 0 bridgehead atoms. The van der Waals surface area contributed by atoms with Crippen molar-refractivity contribution in [2.45, 2.75) is 117 Å². The number of alkyl halides is 9. The van der Waals surface area contributed by atoms with Crippen molar-refractivity contribution in [2.24, 2.45) is 29.1 Å². The van der Waals surface area contributed by atoms with Crippen molar-refractivity contribution >= 4 is 17.9 Å². The Morgan fingerprint density at radius 2 is 1.10 bits per heavy atom. The molecule has 1 fully saturated rings. The monoisotopic (exact) mass is 616 g/mol. The number of hydrogen-bond acceptors (Lipinski definition) is 6. The maximum Gasteiger partial charge on any atom is 0.437 e. The molecule has 0 heterocycles. The van der Waals surface area contributed by atoms with Crippen molar-refractivity contribution < 1.29 is 68.1 Å². The van der Waals surface area contributed by atoms with Crippen LogP contribution in [0.2, 0.25) is 0 Å². The molecule has 4 atom stereocenters. The first-order valence-corrected chi connectivity index (χ1v) is 13.0. The van der Waals surface area contributed by atoms with Crippen molar-refractivity contribution in [2.75, 3.05) is 0 Å². The van der Waals surface area contributed by atoms with Gasteiger partial charge in [0.25, 0.3) is 0 Å². The first-order chi connectivity index (χ1) is 18.2. The van der Waals surface area contributed by atoms with Crippen LogP contribution in [0.15, 0.2) is 0 Å². The molecule has 0 spiro atoms. The lowest BCUT2D eigenvalue weighted by atomic mass is 9.66. The van der Waals surface area contributed by atoms with E-state index < -0.39 is 102 Å². The zero-order valence-electron chi connectivity index (χ0n) is 24.1. The molecule has 6 nitrogen and oxygen atoms in total. The van der Waals surface area contributed by atoms with Crippen LogP contribution in [0.4, 0.5) is 39.5 Å². The van der Waals surface area contributed by atoms with Gasteiger partial charge >= 0.3 is 42.0 Å². The fourth-order valence-electron chi connectivity index (χ4n) is 4.40. The van der Waals surface area contributed by atoms with E-state index in [1.807, 2.05) is 0 Å². The highest BCUT2D eigenvalue weighted by molar-refractivity contribution is 5.76. The third-order valence-corrected chi connectivity index (χ3v) is 7.65. The van der Waals surface area contributed by atoms with Crippen LogP contribution in [0.5, 0.6) is 0 Å². The lowest BCUT2D eigenvalue weighted by Crippen LogP contribution is -2.67. The first-order valence-electron chi connectivity index (χ1n) is 13.0. The van der Waals surface area contributed by atoms with E-state index in [1.165, 1.54) is 27.7 Å². The summed E-state index contributed by atoms with van der Waals surface area (Å²) in [5.74, 6) is -12.1. The predicted octanol–water partition coefficient (Wildman–Crippen LogP) is 7.33. The molecule has 15 heteroatoms. The Morgan fingerprint density at radius 1 is 0.683 bits per heavy atom. The number of rotatable bonds is 9. The second kappa shape index (κ2) is 12.2. The van der Waals surface area contributed by atoms with E-state index in [4.69, 9.17) is 9.47 Å². The molecule has 0 aromatic rings. The first kappa shape index (κ1) is 36.8. The van der Waals surface area contributed by atoms with Crippen LogP contribution in [0.25, 0.3) is 0 Å². The zero-order chi connectivity index (χ0) is 32.6. The normalized spacial score (nSPS) is 22.8. The summed E-state index contributed by atoms with van der Waals surface area (Å²) >= 11 is 0. The molecule has 1 rings (SSSR count). The molecule has 0 N–H and O–H groups in total. The second-order valence-electron chi connectivity index (χ2n) is 11.9. The minimum absolute atomic E-state index is 0.124. The Morgan fingerprint density at radius 3 is 1.46 bits per heavy atom. The lowest BCUT2D eigenvalue weighted by Gasteiger charge is -2.50. The summed E-state index contributed by atoms with van der Waals surface area (Å²) in [5, 5.41) is 0. The van der Waals surface area contributed by atoms with Gasteiger partial charge in [0.15, 0.2) is 0 Å². The smallest absolute Gasteiger partial charge is 0.437 e. The van der Waals surface area contributed by atoms with Crippen molar-refractivity contribution in [1.29, 1.82) is 0 Å². The molecule has 0 radical (unpaired) electrons. The summed E-state index contributed by atoms with van der Waals surface area (Å²) in [7, 11) is 0. The van der Waals surface area contributed by atoms with Crippen LogP contribution in [0.3, 0.4) is 0 Å². The van der Waals surface area contributed by atoms with Crippen LogP contribution in [0, 0.1) is 29.1 Å². The van der Waals surface area contributed by atoms with E-state index in [1.54, 1.807) is 6.92 Å². The maximum atomic E-state index is 14.5. The molecule has 1 aliphatic carbocycles. The fraction of sp³-hybridized carbons (Fsp3) is 0.885. The number of esters is 3. The van der Waals surface area contributed by atoms with E-state index in [0.29, 0.717) is 6.92 Å². The van der Waals surface area contributed by atoms with Gasteiger partial charge in [-0.25, -0.2) is 0 Å². The van der Waals surface area contributed by atoms with Crippen LogP contribution < -0.4 is 0 Å². The van der Waals surface area contributed by atoms with Crippen molar-refractivity contribution in [3.63, 3.8) is 0 Å². The highest BCUT2D eigenvalue weighted by atomic mass is 19.4. The van der Waals surface area contributed by atoms with Gasteiger partial charge in [0, 0.05) is 11.8 Å². The third kappa shape index (κ3) is 7.60. The van der Waals surface area contributed by atoms with Crippen LogP contribution in [0.1, 0.15) is 81.1 Å². The van der Waals surface area contributed by atoms with Crippen LogP contribution >= 0.6 is 0 Å². The van der Waals surface area contributed by atoms with Gasteiger partial charge in [0.1, 0.15) is 6.10 Å².